The Balaban J connectivity index is 4.04. The lowest BCUT2D eigenvalue weighted by Gasteiger charge is -2.00. The molecule has 0 saturated heterocycles. The number of hydrogen-bond donors (Lipinski definition) is 2. The predicted octanol–water partition coefficient (Wildman–Crippen LogP) is -0.802. The van der Waals surface area contributed by atoms with Gasteiger partial charge < -0.3 is 5.11 Å². The lowest BCUT2D eigenvalue weighted by atomic mass is 10.5. The number of sulfonamides is 1. The molecular weight excluding hydrogens is 130 g/mol. The lowest BCUT2D eigenvalue weighted by molar-refractivity contribution is 0.380. The highest BCUT2D eigenvalue weighted by atomic mass is 32.2. The highest BCUT2D eigenvalue weighted by molar-refractivity contribution is 7.89. The van der Waals surface area contributed by atoms with Gasteiger partial charge in [-0.1, -0.05) is 0 Å². The van der Waals surface area contributed by atoms with Crippen LogP contribution in [0.25, 0.3) is 0 Å². The van der Waals surface area contributed by atoms with Gasteiger partial charge in [0.05, 0.1) is 6.61 Å². The molecular formula is C3H8NO3S. The van der Waals surface area contributed by atoms with Crippen LogP contribution in [-0.2, 0) is 10.0 Å². The molecule has 0 fully saturated rings. The molecule has 0 saturated carbocycles. The van der Waals surface area contributed by atoms with Crippen molar-refractivity contribution < 1.29 is 13.5 Å². The topological polar surface area (TPSA) is 80.4 Å². The van der Waals surface area contributed by atoms with Crippen LogP contribution in [0.5, 0.6) is 0 Å². The van der Waals surface area contributed by atoms with Gasteiger partial charge in [0.25, 0.3) is 0 Å². The monoisotopic (exact) mass is 138 g/mol. The normalized spacial score (nSPS) is 15.9. The zero-order valence-electron chi connectivity index (χ0n) is 4.40. The van der Waals surface area contributed by atoms with E-state index in [-0.39, 0.29) is 0 Å². The maximum Gasteiger partial charge on any atom is 0.214 e. The first-order valence-electron chi connectivity index (χ1n) is 1.97. The van der Waals surface area contributed by atoms with Gasteiger partial charge in [0.15, 0.2) is 0 Å². The summed E-state index contributed by atoms with van der Waals surface area (Å²) in [4.78, 5) is 0. The second kappa shape index (κ2) is 2.43. The molecule has 0 heterocycles. The first-order valence-corrected chi connectivity index (χ1v) is 3.58. The molecule has 1 atom stereocenters. The summed E-state index contributed by atoms with van der Waals surface area (Å²) < 4.78 is 20.3. The van der Waals surface area contributed by atoms with E-state index in [1.54, 1.807) is 0 Å². The van der Waals surface area contributed by atoms with Gasteiger partial charge in [0.1, 0.15) is 5.25 Å². The minimum absolute atomic E-state index is 0.537. The number of hydrogen-bond acceptors (Lipinski definition) is 3. The largest absolute Gasteiger partial charge is 0.389 e. The molecule has 0 aromatic rings. The molecule has 0 rings (SSSR count). The molecule has 0 aliphatic carbocycles. The van der Waals surface area contributed by atoms with Crippen molar-refractivity contribution in [1.29, 1.82) is 0 Å². The number of primary sulfonamides is 1. The van der Waals surface area contributed by atoms with E-state index < -0.39 is 15.3 Å². The zero-order chi connectivity index (χ0) is 6.78. The van der Waals surface area contributed by atoms with Gasteiger partial charge in [-0.3, -0.25) is 0 Å². The van der Waals surface area contributed by atoms with E-state index in [1.807, 2.05) is 0 Å². The van der Waals surface area contributed by atoms with Gasteiger partial charge in [-0.05, 0) is 6.92 Å². The minimum atomic E-state index is -3.56. The van der Waals surface area contributed by atoms with Crippen LogP contribution in [-0.4, -0.2) is 18.8 Å². The van der Waals surface area contributed by atoms with Crippen LogP contribution in [0.4, 0.5) is 0 Å². The van der Waals surface area contributed by atoms with Crippen molar-refractivity contribution in [3.63, 3.8) is 0 Å². The first kappa shape index (κ1) is 7.87. The van der Waals surface area contributed by atoms with E-state index in [2.05, 4.69) is 5.14 Å². The van der Waals surface area contributed by atoms with E-state index in [0.29, 0.717) is 6.61 Å². The Hall–Kier alpha value is -0.130. The maximum atomic E-state index is 10.1. The number of nitrogens with two attached hydrogens (primary N) is 1. The van der Waals surface area contributed by atoms with Crippen molar-refractivity contribution in [2.75, 3.05) is 0 Å². The summed E-state index contributed by atoms with van der Waals surface area (Å²) in [5.74, 6) is 0. The Morgan fingerprint density at radius 3 is 2.12 bits per heavy atom. The van der Waals surface area contributed by atoms with E-state index in [9.17, 15) is 8.42 Å². The second-order valence-electron chi connectivity index (χ2n) is 1.44. The van der Waals surface area contributed by atoms with Crippen molar-refractivity contribution in [2.24, 2.45) is 5.14 Å². The number of aliphatic hydroxyl groups excluding tert-OH is 1. The number of rotatable bonds is 2. The summed E-state index contributed by atoms with van der Waals surface area (Å²) >= 11 is 0. The van der Waals surface area contributed by atoms with Crippen LogP contribution >= 0.6 is 0 Å². The van der Waals surface area contributed by atoms with Gasteiger partial charge in [-0.25, -0.2) is 13.6 Å². The maximum absolute atomic E-state index is 10.1. The standard InChI is InChI=1S/C3H8NO3S/c1-3(2-5)8(4,6)7/h2-3,5H,1H3,(H2,4,6,7). The molecule has 1 radical (unpaired) electrons. The Kier molecular flexibility index (Phi) is 2.39. The first-order chi connectivity index (χ1) is 3.48. The molecule has 1 unspecified atom stereocenters. The van der Waals surface area contributed by atoms with E-state index in [1.165, 1.54) is 6.92 Å². The third kappa shape index (κ3) is 2.25. The van der Waals surface area contributed by atoms with Crippen LogP contribution in [0.1, 0.15) is 6.92 Å². The molecule has 4 nitrogen and oxygen atoms in total. The smallest absolute Gasteiger partial charge is 0.214 e. The van der Waals surface area contributed by atoms with Crippen LogP contribution in [0.2, 0.25) is 0 Å². The average Bonchev–Trinajstić information content (AvgIpc) is 1.62. The lowest BCUT2D eigenvalue weighted by Crippen LogP contribution is -2.25. The highest BCUT2D eigenvalue weighted by Crippen LogP contribution is 1.94. The summed E-state index contributed by atoms with van der Waals surface area (Å²) in [6, 6.07) is 0. The molecule has 0 bridgehead atoms. The van der Waals surface area contributed by atoms with Crippen LogP contribution in [0, 0.1) is 6.61 Å². The van der Waals surface area contributed by atoms with Crippen LogP contribution in [0.3, 0.4) is 0 Å². The van der Waals surface area contributed by atoms with E-state index in [0.717, 1.165) is 0 Å². The van der Waals surface area contributed by atoms with Crippen molar-refractivity contribution >= 4 is 10.0 Å². The highest BCUT2D eigenvalue weighted by Gasteiger charge is 2.13. The van der Waals surface area contributed by atoms with Crippen molar-refractivity contribution in [2.45, 2.75) is 12.2 Å². The summed E-state index contributed by atoms with van der Waals surface area (Å²) in [6.07, 6.45) is 0. The van der Waals surface area contributed by atoms with Crippen molar-refractivity contribution in [1.82, 2.24) is 0 Å². The molecule has 49 valence electrons. The zero-order valence-corrected chi connectivity index (χ0v) is 5.22. The molecule has 5 heteroatoms. The Labute approximate surface area is 48.4 Å². The van der Waals surface area contributed by atoms with E-state index in [4.69, 9.17) is 5.11 Å². The van der Waals surface area contributed by atoms with E-state index >= 15 is 0 Å². The van der Waals surface area contributed by atoms with Gasteiger partial charge in [-0.2, -0.15) is 0 Å². The molecule has 0 aromatic carbocycles. The van der Waals surface area contributed by atoms with Crippen molar-refractivity contribution in [3.8, 4) is 0 Å². The second-order valence-corrected chi connectivity index (χ2v) is 3.36. The summed E-state index contributed by atoms with van der Waals surface area (Å²) in [5, 5.41) is 11.7. The summed E-state index contributed by atoms with van der Waals surface area (Å²) in [7, 11) is -3.56. The van der Waals surface area contributed by atoms with Gasteiger partial charge in [0, 0.05) is 0 Å². The molecule has 0 aromatic heterocycles. The molecule has 0 aliphatic rings. The summed E-state index contributed by atoms with van der Waals surface area (Å²) in [6.45, 7) is 1.82. The fraction of sp³-hybridized carbons (Fsp3) is 0.667. The third-order valence-electron chi connectivity index (χ3n) is 0.728. The van der Waals surface area contributed by atoms with Crippen LogP contribution in [0.15, 0.2) is 0 Å². The SMILES string of the molecule is CC([CH]O)S(N)(=O)=O. The predicted molar refractivity (Wildman–Crippen MR) is 28.8 cm³/mol. The molecule has 0 aliphatic heterocycles. The fourth-order valence-electron chi connectivity index (χ4n) is 0.0848. The molecule has 0 amide bonds. The number of aliphatic hydroxyl groups is 1. The summed E-state index contributed by atoms with van der Waals surface area (Å²) in [5.41, 5.74) is 0. The van der Waals surface area contributed by atoms with Crippen LogP contribution < -0.4 is 5.14 Å². The Bertz CT molecular complexity index is 150. The third-order valence-corrected chi connectivity index (χ3v) is 1.89. The minimum Gasteiger partial charge on any atom is -0.389 e. The van der Waals surface area contributed by atoms with Gasteiger partial charge >= 0.3 is 0 Å². The van der Waals surface area contributed by atoms with Crippen molar-refractivity contribution in [3.05, 3.63) is 6.61 Å². The molecule has 3 N–H and O–H groups in total. The van der Waals surface area contributed by atoms with Gasteiger partial charge in [-0.15, -0.1) is 0 Å². The fourth-order valence-corrected chi connectivity index (χ4v) is 0.254. The van der Waals surface area contributed by atoms with Gasteiger partial charge in [0.2, 0.25) is 10.0 Å². The molecule has 0 spiro atoms. The quantitative estimate of drug-likeness (QED) is 0.524. The Morgan fingerprint density at radius 2 is 2.12 bits per heavy atom. The Morgan fingerprint density at radius 1 is 1.75 bits per heavy atom. The molecule has 8 heavy (non-hydrogen) atoms. The average molecular weight is 138 g/mol.